The van der Waals surface area contributed by atoms with E-state index in [1.807, 2.05) is 19.9 Å². The van der Waals surface area contributed by atoms with Gasteiger partial charge in [-0.3, -0.25) is 4.98 Å². The summed E-state index contributed by atoms with van der Waals surface area (Å²) < 4.78 is 21.4. The van der Waals surface area contributed by atoms with Gasteiger partial charge in [0.2, 0.25) is 0 Å². The van der Waals surface area contributed by atoms with Crippen LogP contribution in [0, 0.1) is 18.2 Å². The molecule has 41 heavy (non-hydrogen) atoms. The van der Waals surface area contributed by atoms with E-state index in [0.29, 0.717) is 45.2 Å². The monoisotopic (exact) mass is 556 g/mol. The zero-order valence-electron chi connectivity index (χ0n) is 24.1. The van der Waals surface area contributed by atoms with E-state index >= 15 is 4.39 Å². The average molecular weight is 557 g/mol. The van der Waals surface area contributed by atoms with E-state index in [1.54, 1.807) is 24.4 Å². The second-order valence-electron chi connectivity index (χ2n) is 10.5. The molecule has 9 heteroatoms. The summed E-state index contributed by atoms with van der Waals surface area (Å²) in [6, 6.07) is 9.34. The second kappa shape index (κ2) is 12.2. The van der Waals surface area contributed by atoms with Gasteiger partial charge >= 0.3 is 6.01 Å². The molecule has 0 aliphatic carbocycles. The summed E-state index contributed by atoms with van der Waals surface area (Å²) >= 11 is 0. The summed E-state index contributed by atoms with van der Waals surface area (Å²) in [4.78, 5) is 17.9. The number of methoxy groups -OCH3 is 1. The Morgan fingerprint density at radius 1 is 1.12 bits per heavy atom. The van der Waals surface area contributed by atoms with E-state index in [0.717, 1.165) is 25.9 Å². The number of nitrogens with one attached hydrogen (secondary N) is 1. The predicted molar refractivity (Wildman–Crippen MR) is 162 cm³/mol. The van der Waals surface area contributed by atoms with Crippen molar-refractivity contribution >= 4 is 27.5 Å². The van der Waals surface area contributed by atoms with Gasteiger partial charge < -0.3 is 25.0 Å². The van der Waals surface area contributed by atoms with Crippen LogP contribution < -0.4 is 15.0 Å². The first-order valence-electron chi connectivity index (χ1n) is 14.3. The maximum absolute atomic E-state index is 16.1. The van der Waals surface area contributed by atoms with Crippen molar-refractivity contribution in [1.82, 2.24) is 25.2 Å². The molecular formula is C32H37FN6O2. The molecular weight excluding hydrogens is 519 g/mol. The van der Waals surface area contributed by atoms with Crippen molar-refractivity contribution < 1.29 is 14.2 Å². The van der Waals surface area contributed by atoms with Gasteiger partial charge in [-0.05, 0) is 63.0 Å². The number of hydrogen-bond acceptors (Lipinski definition) is 8. The number of anilines is 1. The van der Waals surface area contributed by atoms with Crippen LogP contribution in [0.1, 0.15) is 38.7 Å². The van der Waals surface area contributed by atoms with Crippen molar-refractivity contribution in [2.75, 3.05) is 45.2 Å². The van der Waals surface area contributed by atoms with Gasteiger partial charge in [0.1, 0.15) is 22.8 Å². The lowest BCUT2D eigenvalue weighted by Gasteiger charge is -2.34. The van der Waals surface area contributed by atoms with Gasteiger partial charge in [0.25, 0.3) is 0 Å². The van der Waals surface area contributed by atoms with Crippen LogP contribution in [0.4, 0.5) is 10.2 Å². The van der Waals surface area contributed by atoms with Gasteiger partial charge in [0, 0.05) is 47.9 Å². The largest absolute Gasteiger partial charge is 0.508 e. The minimum absolute atomic E-state index is 0.00443. The number of rotatable bonds is 3. The van der Waals surface area contributed by atoms with E-state index in [9.17, 15) is 5.11 Å². The van der Waals surface area contributed by atoms with Crippen LogP contribution in [0.5, 0.6) is 11.8 Å². The normalized spacial score (nSPS) is 19.5. The van der Waals surface area contributed by atoms with Crippen LogP contribution in [0.3, 0.4) is 0 Å². The van der Waals surface area contributed by atoms with E-state index in [4.69, 9.17) is 11.2 Å². The molecule has 3 aliphatic heterocycles. The molecule has 2 N–H and O–H groups in total. The van der Waals surface area contributed by atoms with Crippen LogP contribution in [-0.4, -0.2) is 77.4 Å². The number of phenols is 1. The Kier molecular flexibility index (Phi) is 8.52. The number of nitrogens with zero attached hydrogens (tertiary/aromatic N) is 5. The highest BCUT2D eigenvalue weighted by atomic mass is 19.1. The fourth-order valence-electron chi connectivity index (χ4n) is 5.71. The number of likely N-dealkylation sites (tertiary alicyclic amines) is 1. The molecule has 7 rings (SSSR count). The fourth-order valence-corrected chi connectivity index (χ4v) is 5.71. The first kappa shape index (κ1) is 28.5. The number of halogens is 1. The zero-order chi connectivity index (χ0) is 29.1. The van der Waals surface area contributed by atoms with Crippen molar-refractivity contribution in [2.45, 2.75) is 45.2 Å². The van der Waals surface area contributed by atoms with Crippen molar-refractivity contribution in [2.24, 2.45) is 0 Å². The van der Waals surface area contributed by atoms with Crippen molar-refractivity contribution in [3.05, 3.63) is 47.9 Å². The van der Waals surface area contributed by atoms with E-state index in [1.165, 1.54) is 32.7 Å². The Bertz CT molecular complexity index is 1590. The fraction of sp³-hybridized carbons (Fsp3) is 0.406. The quantitative estimate of drug-likeness (QED) is 0.342. The number of phenolic OH excluding ortho intramolecular Hbond substituents is 1. The summed E-state index contributed by atoms with van der Waals surface area (Å²) in [6.45, 7) is 8.19. The summed E-state index contributed by atoms with van der Waals surface area (Å²) in [5, 5.41) is 15.8. The lowest BCUT2D eigenvalue weighted by Crippen LogP contribution is -2.51. The van der Waals surface area contributed by atoms with Crippen molar-refractivity contribution in [3.8, 4) is 35.4 Å². The zero-order valence-corrected chi connectivity index (χ0v) is 24.1. The molecule has 2 aromatic carbocycles. The Balaban J connectivity index is 0.000000430. The smallest absolute Gasteiger partial charge is 0.318 e. The van der Waals surface area contributed by atoms with Crippen LogP contribution in [0.15, 0.2) is 36.5 Å². The lowest BCUT2D eigenvalue weighted by molar-refractivity contribution is 0.229. The molecule has 4 aromatic rings. The molecule has 2 unspecified atom stereocenters. The molecule has 214 valence electrons. The molecule has 0 amide bonds. The molecule has 2 aromatic heterocycles. The third-order valence-electron chi connectivity index (χ3n) is 7.79. The molecule has 2 bridgehead atoms. The number of pyridine rings is 1. The third-order valence-corrected chi connectivity index (χ3v) is 7.79. The van der Waals surface area contributed by atoms with Gasteiger partial charge in [-0.15, -0.1) is 6.42 Å². The van der Waals surface area contributed by atoms with Gasteiger partial charge in [0.05, 0.1) is 12.5 Å². The highest BCUT2D eigenvalue weighted by Crippen LogP contribution is 2.38. The van der Waals surface area contributed by atoms with Gasteiger partial charge in [-0.2, -0.15) is 9.97 Å². The molecule has 8 nitrogen and oxygen atoms in total. The first-order valence-corrected chi connectivity index (χ1v) is 14.3. The van der Waals surface area contributed by atoms with Gasteiger partial charge in [0.15, 0.2) is 5.82 Å². The van der Waals surface area contributed by atoms with Crippen molar-refractivity contribution in [3.63, 3.8) is 0 Å². The molecule has 0 radical (unpaired) electrons. The predicted octanol–water partition coefficient (Wildman–Crippen LogP) is 4.97. The van der Waals surface area contributed by atoms with E-state index in [2.05, 4.69) is 43.0 Å². The number of benzene rings is 2. The lowest BCUT2D eigenvalue weighted by atomic mass is 9.96. The minimum atomic E-state index is -0.615. The minimum Gasteiger partial charge on any atom is -0.508 e. The molecule has 3 fully saturated rings. The number of ether oxygens (including phenoxy) is 1. The number of fused-ring (bicyclic) bond motifs is 4. The number of hydrogen-bond donors (Lipinski definition) is 2. The molecule has 0 spiro atoms. The van der Waals surface area contributed by atoms with Crippen LogP contribution in [0.2, 0.25) is 0 Å². The first-order chi connectivity index (χ1) is 19.9. The highest BCUT2D eigenvalue weighted by molar-refractivity contribution is 6.02. The average Bonchev–Trinajstić information content (AvgIpc) is 3.33. The van der Waals surface area contributed by atoms with Crippen LogP contribution in [-0.2, 0) is 0 Å². The van der Waals surface area contributed by atoms with Gasteiger partial charge in [-0.1, -0.05) is 31.9 Å². The van der Waals surface area contributed by atoms with Crippen LogP contribution in [0.25, 0.3) is 32.9 Å². The number of aromatic hydroxyl groups is 1. The summed E-state index contributed by atoms with van der Waals surface area (Å²) in [5.74, 6) is 2.65. The van der Waals surface area contributed by atoms with Crippen LogP contribution >= 0.6 is 0 Å². The number of terminal acetylenes is 1. The number of aromatic nitrogens is 3. The maximum Gasteiger partial charge on any atom is 0.318 e. The second-order valence-corrected chi connectivity index (χ2v) is 10.5. The van der Waals surface area contributed by atoms with E-state index in [-0.39, 0.29) is 23.0 Å². The Morgan fingerprint density at radius 2 is 1.83 bits per heavy atom. The third kappa shape index (κ3) is 5.63. The molecule has 5 heterocycles. The summed E-state index contributed by atoms with van der Waals surface area (Å²) in [5.41, 5.74) is 1.17. The molecule has 3 aliphatic rings. The standard InChI is InChI=1S/C26H22FN5O2.C4H9N.C2H6/c1-3-14-5-4-6-15-9-18(33)10-19(21(14)15)23-22(27)24-20(11-28-23)25(31-26(30-24)34-2)32-12-16-7-8-17(13-32)29-16;1-5-3-2-4-5;1-2/h1,4-6,9-11,16-17,29,33H,7-8,12-13H2,2H3;2-4H2,1H3;1-2H3. The Morgan fingerprint density at radius 3 is 2.44 bits per heavy atom. The SMILES string of the molecule is C#Cc1cccc2cc(O)cc(-c3ncc4c(N5CC6CCC(C5)N6)nc(OC)nc4c3F)c12.CC.CN1CCC1. The Hall–Kier alpha value is -4.00. The van der Waals surface area contributed by atoms with Crippen molar-refractivity contribution in [1.29, 1.82) is 0 Å². The maximum atomic E-state index is 16.1. The molecule has 3 saturated heterocycles. The topological polar surface area (TPSA) is 86.6 Å². The molecule has 2 atom stereocenters. The van der Waals surface area contributed by atoms with Gasteiger partial charge in [-0.25, -0.2) is 4.39 Å². The molecule has 0 saturated carbocycles. The highest BCUT2D eigenvalue weighted by Gasteiger charge is 2.34. The Labute approximate surface area is 240 Å². The summed E-state index contributed by atoms with van der Waals surface area (Å²) in [6.07, 6.45) is 11.0. The van der Waals surface area contributed by atoms with E-state index < -0.39 is 5.82 Å². The summed E-state index contributed by atoms with van der Waals surface area (Å²) in [7, 11) is 3.61. The number of piperazine rings is 1.